The van der Waals surface area contributed by atoms with E-state index in [0.717, 1.165) is 12.8 Å². The van der Waals surface area contributed by atoms with Crippen LogP contribution in [-0.4, -0.2) is 10.6 Å². The number of nitrogens with one attached hydrogen (secondary N) is 1. The zero-order chi connectivity index (χ0) is 15.3. The Morgan fingerprint density at radius 1 is 1.14 bits per heavy atom. The summed E-state index contributed by atoms with van der Waals surface area (Å²) < 4.78 is 0. The first-order valence-corrected chi connectivity index (χ1v) is 8.65. The van der Waals surface area contributed by atoms with Crippen molar-refractivity contribution in [2.45, 2.75) is 84.1 Å². The van der Waals surface area contributed by atoms with Crippen molar-refractivity contribution in [1.29, 1.82) is 0 Å². The molecule has 0 saturated carbocycles. The van der Waals surface area contributed by atoms with Gasteiger partial charge in [-0.1, -0.05) is 45.4 Å². The van der Waals surface area contributed by atoms with Crippen molar-refractivity contribution in [3.05, 3.63) is 23.3 Å². The Hall–Kier alpha value is -1.18. The lowest BCUT2D eigenvalue weighted by Crippen LogP contribution is -2.39. The molecular weight excluding hydrogens is 258 g/mol. The fourth-order valence-corrected chi connectivity index (χ4v) is 3.47. The molecule has 118 valence electrons. The summed E-state index contributed by atoms with van der Waals surface area (Å²) in [5, 5.41) is 13.5. The Morgan fingerprint density at radius 3 is 2.62 bits per heavy atom. The van der Waals surface area contributed by atoms with Gasteiger partial charge in [-0.05, 0) is 56.4 Å². The van der Waals surface area contributed by atoms with E-state index in [-0.39, 0.29) is 5.54 Å². The van der Waals surface area contributed by atoms with Crippen LogP contribution in [0.1, 0.15) is 76.3 Å². The van der Waals surface area contributed by atoms with Crippen molar-refractivity contribution in [1.82, 2.24) is 0 Å². The molecule has 1 aliphatic heterocycles. The first-order chi connectivity index (χ1) is 10.0. The fourth-order valence-electron chi connectivity index (χ4n) is 3.47. The lowest BCUT2D eigenvalue weighted by atomic mass is 9.83. The normalized spacial score (nSPS) is 20.9. The molecule has 21 heavy (non-hydrogen) atoms. The van der Waals surface area contributed by atoms with Gasteiger partial charge < -0.3 is 10.4 Å². The predicted octanol–water partition coefficient (Wildman–Crippen LogP) is 5.57. The number of fused-ring (bicyclic) bond motifs is 1. The molecule has 2 N–H and O–H groups in total. The molecule has 1 heterocycles. The van der Waals surface area contributed by atoms with Gasteiger partial charge in [-0.15, -0.1) is 0 Å². The molecule has 1 atom stereocenters. The lowest BCUT2D eigenvalue weighted by Gasteiger charge is -2.38. The molecule has 0 aliphatic carbocycles. The van der Waals surface area contributed by atoms with Gasteiger partial charge in [-0.2, -0.15) is 0 Å². The van der Waals surface area contributed by atoms with Crippen LogP contribution in [0, 0.1) is 6.92 Å². The molecule has 1 aliphatic rings. The molecule has 0 radical (unpaired) electrons. The van der Waals surface area contributed by atoms with E-state index < -0.39 is 0 Å². The quantitative estimate of drug-likeness (QED) is 0.508. The zero-order valence-corrected chi connectivity index (χ0v) is 14.0. The molecule has 0 spiro atoms. The maximum absolute atomic E-state index is 9.72. The van der Waals surface area contributed by atoms with Crippen molar-refractivity contribution < 1.29 is 5.11 Å². The Balaban J connectivity index is 1.87. The summed E-state index contributed by atoms with van der Waals surface area (Å²) in [4.78, 5) is 0. The monoisotopic (exact) mass is 289 g/mol. The van der Waals surface area contributed by atoms with Crippen LogP contribution in [0.3, 0.4) is 0 Å². The summed E-state index contributed by atoms with van der Waals surface area (Å²) in [5.74, 6) is 0.396. The van der Waals surface area contributed by atoms with Crippen molar-refractivity contribution in [3.8, 4) is 5.75 Å². The van der Waals surface area contributed by atoms with Crippen LogP contribution >= 0.6 is 0 Å². The second-order valence-electron chi connectivity index (χ2n) is 7.00. The van der Waals surface area contributed by atoms with E-state index in [1.807, 2.05) is 12.1 Å². The van der Waals surface area contributed by atoms with Gasteiger partial charge in [0, 0.05) is 11.2 Å². The summed E-state index contributed by atoms with van der Waals surface area (Å²) in [6, 6.07) is 3.78. The highest BCUT2D eigenvalue weighted by molar-refractivity contribution is 5.62. The highest BCUT2D eigenvalue weighted by atomic mass is 16.3. The minimum absolute atomic E-state index is 0.222. The molecule has 2 rings (SSSR count). The van der Waals surface area contributed by atoms with E-state index in [1.165, 1.54) is 61.8 Å². The third-order valence-electron chi connectivity index (χ3n) is 4.86. The van der Waals surface area contributed by atoms with Crippen molar-refractivity contribution >= 4 is 5.69 Å². The molecule has 0 fully saturated rings. The Kier molecular flexibility index (Phi) is 5.55. The van der Waals surface area contributed by atoms with Crippen LogP contribution < -0.4 is 5.32 Å². The number of anilines is 1. The van der Waals surface area contributed by atoms with Gasteiger partial charge in [0.15, 0.2) is 0 Å². The van der Waals surface area contributed by atoms with Gasteiger partial charge in [-0.25, -0.2) is 0 Å². The Labute approximate surface area is 130 Å². The standard InChI is InChI=1S/C19H31NO/c1-4-5-6-7-8-9-11-19(3)12-10-16-14-17(21)13-15(2)18(16)20-19/h13-14,20-21H,4-12H2,1-3H3. The van der Waals surface area contributed by atoms with Crippen molar-refractivity contribution in [3.63, 3.8) is 0 Å². The number of aromatic hydroxyl groups is 1. The summed E-state index contributed by atoms with van der Waals surface area (Å²) in [5.41, 5.74) is 3.92. The second kappa shape index (κ2) is 7.20. The number of phenols is 1. The average molecular weight is 289 g/mol. The number of aryl methyl sites for hydroxylation is 2. The molecule has 1 unspecified atom stereocenters. The van der Waals surface area contributed by atoms with Crippen LogP contribution in [0.2, 0.25) is 0 Å². The number of rotatable bonds is 7. The number of hydrogen-bond acceptors (Lipinski definition) is 2. The van der Waals surface area contributed by atoms with Gasteiger partial charge in [0.25, 0.3) is 0 Å². The highest BCUT2D eigenvalue weighted by Crippen LogP contribution is 2.37. The van der Waals surface area contributed by atoms with Gasteiger partial charge in [0.05, 0.1) is 0 Å². The van der Waals surface area contributed by atoms with E-state index >= 15 is 0 Å². The topological polar surface area (TPSA) is 32.3 Å². The molecule has 0 amide bonds. The predicted molar refractivity (Wildman–Crippen MR) is 91.2 cm³/mol. The summed E-state index contributed by atoms with van der Waals surface area (Å²) >= 11 is 0. The van der Waals surface area contributed by atoms with Crippen molar-refractivity contribution in [2.24, 2.45) is 0 Å². The molecule has 1 aromatic rings. The SMILES string of the molecule is CCCCCCCCC1(C)CCc2cc(O)cc(C)c2N1. The first kappa shape index (κ1) is 16.2. The third kappa shape index (κ3) is 4.39. The van der Waals surface area contributed by atoms with Crippen molar-refractivity contribution in [2.75, 3.05) is 5.32 Å². The third-order valence-corrected chi connectivity index (χ3v) is 4.86. The van der Waals surface area contributed by atoms with Crippen LogP contribution in [0.4, 0.5) is 5.69 Å². The van der Waals surface area contributed by atoms with E-state index in [2.05, 4.69) is 26.1 Å². The van der Waals surface area contributed by atoms with Crippen LogP contribution in [0.5, 0.6) is 5.75 Å². The maximum Gasteiger partial charge on any atom is 0.116 e. The number of unbranched alkanes of at least 4 members (excludes halogenated alkanes) is 5. The van der Waals surface area contributed by atoms with Gasteiger partial charge in [0.1, 0.15) is 5.75 Å². The Morgan fingerprint density at radius 2 is 1.86 bits per heavy atom. The fraction of sp³-hybridized carbons (Fsp3) is 0.684. The molecule has 0 bridgehead atoms. The summed E-state index contributed by atoms with van der Waals surface area (Å²) in [7, 11) is 0. The minimum atomic E-state index is 0.222. The molecule has 1 aromatic carbocycles. The highest BCUT2D eigenvalue weighted by Gasteiger charge is 2.29. The van der Waals surface area contributed by atoms with E-state index in [0.29, 0.717) is 5.75 Å². The number of phenolic OH excluding ortho intramolecular Hbond substituents is 1. The van der Waals surface area contributed by atoms with E-state index in [9.17, 15) is 5.11 Å². The Bertz CT molecular complexity index is 469. The minimum Gasteiger partial charge on any atom is -0.508 e. The molecule has 2 nitrogen and oxygen atoms in total. The van der Waals surface area contributed by atoms with E-state index in [4.69, 9.17) is 0 Å². The van der Waals surface area contributed by atoms with Crippen LogP contribution in [0.25, 0.3) is 0 Å². The summed E-state index contributed by atoms with van der Waals surface area (Å²) in [6.45, 7) is 6.71. The van der Waals surface area contributed by atoms with Gasteiger partial charge in [-0.3, -0.25) is 0 Å². The molecule has 2 heteroatoms. The second-order valence-corrected chi connectivity index (χ2v) is 7.00. The first-order valence-electron chi connectivity index (χ1n) is 8.65. The molecule has 0 aromatic heterocycles. The van der Waals surface area contributed by atoms with Gasteiger partial charge in [0.2, 0.25) is 0 Å². The maximum atomic E-state index is 9.72. The van der Waals surface area contributed by atoms with Crippen LogP contribution in [0.15, 0.2) is 12.1 Å². The van der Waals surface area contributed by atoms with Crippen LogP contribution in [-0.2, 0) is 6.42 Å². The largest absolute Gasteiger partial charge is 0.508 e. The zero-order valence-electron chi connectivity index (χ0n) is 14.0. The van der Waals surface area contributed by atoms with E-state index in [1.54, 1.807) is 0 Å². The lowest BCUT2D eigenvalue weighted by molar-refractivity contribution is 0.401. The summed E-state index contributed by atoms with van der Waals surface area (Å²) in [6.07, 6.45) is 11.6. The smallest absolute Gasteiger partial charge is 0.116 e. The molecule has 0 saturated heterocycles. The number of benzene rings is 1. The van der Waals surface area contributed by atoms with Gasteiger partial charge >= 0.3 is 0 Å². The average Bonchev–Trinajstić information content (AvgIpc) is 2.44. The number of hydrogen-bond donors (Lipinski definition) is 2. The molecular formula is C19H31NO.